The molecule has 0 fully saturated rings. The second-order valence-electron chi connectivity index (χ2n) is 7.76. The lowest BCUT2D eigenvalue weighted by molar-refractivity contribution is -0.139. The first kappa shape index (κ1) is 22.2. The summed E-state index contributed by atoms with van der Waals surface area (Å²) in [6.45, 7) is 6.38. The molecule has 0 bridgehead atoms. The Bertz CT molecular complexity index is 1030. The van der Waals surface area contributed by atoms with Gasteiger partial charge in [-0.15, -0.1) is 0 Å². The minimum absolute atomic E-state index is 0.0227. The summed E-state index contributed by atoms with van der Waals surface area (Å²) in [5, 5.41) is 5.45. The van der Waals surface area contributed by atoms with Crippen molar-refractivity contribution in [3.63, 3.8) is 0 Å². The summed E-state index contributed by atoms with van der Waals surface area (Å²) in [5.74, 6) is -0.0227. The van der Waals surface area contributed by atoms with Crippen LogP contribution in [0.3, 0.4) is 0 Å². The summed E-state index contributed by atoms with van der Waals surface area (Å²) >= 11 is 6.38. The number of ether oxygens (including phenoxy) is 2. The third-order valence-corrected chi connectivity index (χ3v) is 5.44. The Hall–Kier alpha value is -2.47. The van der Waals surface area contributed by atoms with Gasteiger partial charge in [-0.05, 0) is 50.1 Å². The third kappa shape index (κ3) is 5.36. The fraction of sp³-hybridized carbons (Fsp3) is 0.333. The summed E-state index contributed by atoms with van der Waals surface area (Å²) in [6, 6.07) is 17.9. The average Bonchev–Trinajstić information content (AvgIpc) is 3.11. The predicted octanol–water partition coefficient (Wildman–Crippen LogP) is 5.28. The molecule has 0 saturated carbocycles. The zero-order valence-electron chi connectivity index (χ0n) is 17.8. The zero-order valence-corrected chi connectivity index (χ0v) is 18.6. The number of halogens is 1. The molecule has 0 aliphatic rings. The normalized spacial score (nSPS) is 11.6. The molecule has 1 aromatic heterocycles. The molecule has 3 rings (SSSR count). The molecule has 0 aliphatic heterocycles. The van der Waals surface area contributed by atoms with Gasteiger partial charge in [-0.3, -0.25) is 9.48 Å². The predicted molar refractivity (Wildman–Crippen MR) is 118 cm³/mol. The Morgan fingerprint density at radius 2 is 1.87 bits per heavy atom. The van der Waals surface area contributed by atoms with Gasteiger partial charge < -0.3 is 9.47 Å². The van der Waals surface area contributed by atoms with Crippen molar-refractivity contribution in [1.29, 1.82) is 0 Å². The van der Waals surface area contributed by atoms with Crippen molar-refractivity contribution in [3.8, 4) is 11.3 Å². The van der Waals surface area contributed by atoms with Crippen LogP contribution in [0.25, 0.3) is 11.3 Å². The number of Topliss-reactive ketones (excluding diaryl/α,β-unsaturated/α-hetero) is 1. The largest absolute Gasteiger partial charge is 0.380 e. The van der Waals surface area contributed by atoms with Crippen LogP contribution in [0, 0.1) is 0 Å². The molecule has 0 radical (unpaired) electrons. The summed E-state index contributed by atoms with van der Waals surface area (Å²) in [5.41, 5.74) is 3.94. The number of hydrogen-bond donors (Lipinski definition) is 0. The van der Waals surface area contributed by atoms with Crippen LogP contribution >= 0.6 is 11.6 Å². The maximum Gasteiger partial charge on any atom is 0.161 e. The Morgan fingerprint density at radius 1 is 1.10 bits per heavy atom. The van der Waals surface area contributed by atoms with Gasteiger partial charge in [-0.1, -0.05) is 48.0 Å². The van der Waals surface area contributed by atoms with E-state index < -0.39 is 5.60 Å². The highest BCUT2D eigenvalue weighted by atomic mass is 35.5. The van der Waals surface area contributed by atoms with Crippen molar-refractivity contribution in [2.24, 2.45) is 0 Å². The smallest absolute Gasteiger partial charge is 0.161 e. The molecule has 0 N–H and O–H groups in total. The fourth-order valence-corrected chi connectivity index (χ4v) is 3.22. The second-order valence-corrected chi connectivity index (χ2v) is 8.17. The van der Waals surface area contributed by atoms with Crippen molar-refractivity contribution in [2.45, 2.75) is 46.1 Å². The average molecular weight is 427 g/mol. The Kier molecular flexibility index (Phi) is 7.08. The number of carbonyl (C=O) groups excluding carboxylic acids is 1. The van der Waals surface area contributed by atoms with Crippen molar-refractivity contribution in [1.82, 2.24) is 9.78 Å². The summed E-state index contributed by atoms with van der Waals surface area (Å²) in [4.78, 5) is 11.8. The maximum atomic E-state index is 11.8. The van der Waals surface area contributed by atoms with Crippen LogP contribution in [0.15, 0.2) is 54.6 Å². The second kappa shape index (κ2) is 9.56. The van der Waals surface area contributed by atoms with Crippen molar-refractivity contribution >= 4 is 17.4 Å². The minimum atomic E-state index is -0.856. The number of methoxy groups -OCH3 is 1. The van der Waals surface area contributed by atoms with E-state index in [-0.39, 0.29) is 12.4 Å². The molecule has 0 aliphatic carbocycles. The van der Waals surface area contributed by atoms with E-state index in [9.17, 15) is 4.79 Å². The van der Waals surface area contributed by atoms with Crippen molar-refractivity contribution < 1.29 is 14.3 Å². The van der Waals surface area contributed by atoms with Crippen LogP contribution in [0.5, 0.6) is 0 Å². The number of ketones is 1. The third-order valence-electron chi connectivity index (χ3n) is 5.07. The van der Waals surface area contributed by atoms with Crippen LogP contribution in [-0.2, 0) is 34.0 Å². The quantitative estimate of drug-likeness (QED) is 0.467. The molecule has 3 aromatic rings. The molecule has 0 saturated heterocycles. The van der Waals surface area contributed by atoms with E-state index in [0.717, 1.165) is 28.1 Å². The molecule has 0 amide bonds. The standard InChI is InChI=1S/C24H27ClN2O3/c1-17(28)24(2,3)30-16-21-13-23(19-10-7-8-18(12-19)15-29-4)27(26-21)14-20-9-5-6-11-22(20)25/h5-13H,14-16H2,1-4H3. The van der Waals surface area contributed by atoms with E-state index in [2.05, 4.69) is 6.07 Å². The van der Waals surface area contributed by atoms with E-state index in [4.69, 9.17) is 26.2 Å². The number of aromatic nitrogens is 2. The molecule has 30 heavy (non-hydrogen) atoms. The van der Waals surface area contributed by atoms with Gasteiger partial charge in [0.05, 0.1) is 31.1 Å². The van der Waals surface area contributed by atoms with Gasteiger partial charge in [0, 0.05) is 17.7 Å². The van der Waals surface area contributed by atoms with E-state index >= 15 is 0 Å². The minimum Gasteiger partial charge on any atom is -0.380 e. The number of rotatable bonds is 9. The van der Waals surface area contributed by atoms with Gasteiger partial charge in [0.2, 0.25) is 0 Å². The van der Waals surface area contributed by atoms with Crippen LogP contribution in [0.4, 0.5) is 0 Å². The molecule has 158 valence electrons. The number of carbonyl (C=O) groups is 1. The molecule has 2 aromatic carbocycles. The van der Waals surface area contributed by atoms with E-state index in [0.29, 0.717) is 18.2 Å². The molecule has 5 nitrogen and oxygen atoms in total. The summed E-state index contributed by atoms with van der Waals surface area (Å²) < 4.78 is 13.0. The van der Waals surface area contributed by atoms with Gasteiger partial charge in [0.15, 0.2) is 5.78 Å². The molecular formula is C24H27ClN2O3. The highest BCUT2D eigenvalue weighted by molar-refractivity contribution is 6.31. The van der Waals surface area contributed by atoms with Crippen LogP contribution < -0.4 is 0 Å². The first-order valence-electron chi connectivity index (χ1n) is 9.83. The lowest BCUT2D eigenvalue weighted by Gasteiger charge is -2.21. The van der Waals surface area contributed by atoms with Crippen LogP contribution in [-0.4, -0.2) is 28.3 Å². The maximum absolute atomic E-state index is 11.8. The van der Waals surface area contributed by atoms with Gasteiger partial charge in [-0.2, -0.15) is 5.10 Å². The summed E-state index contributed by atoms with van der Waals surface area (Å²) in [7, 11) is 1.68. The number of nitrogens with zero attached hydrogens (tertiary/aromatic N) is 2. The van der Waals surface area contributed by atoms with E-state index in [1.165, 1.54) is 6.92 Å². The zero-order chi connectivity index (χ0) is 21.7. The lowest BCUT2D eigenvalue weighted by atomic mass is 10.1. The first-order chi connectivity index (χ1) is 14.3. The lowest BCUT2D eigenvalue weighted by Crippen LogP contribution is -2.32. The van der Waals surface area contributed by atoms with Crippen LogP contribution in [0.1, 0.15) is 37.6 Å². The Balaban J connectivity index is 1.96. The van der Waals surface area contributed by atoms with Crippen molar-refractivity contribution in [2.75, 3.05) is 7.11 Å². The highest BCUT2D eigenvalue weighted by Crippen LogP contribution is 2.26. The monoisotopic (exact) mass is 426 g/mol. The van der Waals surface area contributed by atoms with Gasteiger partial charge >= 0.3 is 0 Å². The Morgan fingerprint density at radius 3 is 2.57 bits per heavy atom. The highest BCUT2D eigenvalue weighted by Gasteiger charge is 2.25. The van der Waals surface area contributed by atoms with Gasteiger partial charge in [0.1, 0.15) is 5.60 Å². The molecule has 6 heteroatoms. The molecule has 0 atom stereocenters. The van der Waals surface area contributed by atoms with Crippen LogP contribution in [0.2, 0.25) is 5.02 Å². The molecule has 0 spiro atoms. The SMILES string of the molecule is COCc1cccc(-c2cc(COC(C)(C)C(C)=O)nn2Cc2ccccc2Cl)c1. The fourth-order valence-electron chi connectivity index (χ4n) is 3.02. The number of hydrogen-bond acceptors (Lipinski definition) is 4. The van der Waals surface area contributed by atoms with Gasteiger partial charge in [-0.25, -0.2) is 0 Å². The topological polar surface area (TPSA) is 53.4 Å². The number of benzene rings is 2. The van der Waals surface area contributed by atoms with Crippen molar-refractivity contribution in [3.05, 3.63) is 76.4 Å². The first-order valence-corrected chi connectivity index (χ1v) is 10.2. The van der Waals surface area contributed by atoms with E-state index in [1.54, 1.807) is 21.0 Å². The molecular weight excluding hydrogens is 400 g/mol. The molecule has 1 heterocycles. The van der Waals surface area contributed by atoms with Gasteiger partial charge in [0.25, 0.3) is 0 Å². The molecule has 0 unspecified atom stereocenters. The summed E-state index contributed by atoms with van der Waals surface area (Å²) in [6.07, 6.45) is 0. The van der Waals surface area contributed by atoms with E-state index in [1.807, 2.05) is 53.2 Å². The Labute approximate surface area is 182 Å².